The standard InChI is InChI=1S/C19H23N7/c1-13-10-19(26-18(22-13)9-14(2)23-26)25-7-5-24(6-8-25)17-11-16(15-3-4-15)20-12-21-17/h9-12,15H,3-8H2,1-2H3. The lowest BCUT2D eigenvalue weighted by Crippen LogP contribution is -2.47. The summed E-state index contributed by atoms with van der Waals surface area (Å²) in [5.41, 5.74) is 4.15. The van der Waals surface area contributed by atoms with Crippen molar-refractivity contribution in [2.75, 3.05) is 36.0 Å². The first-order chi connectivity index (χ1) is 12.7. The third-order valence-electron chi connectivity index (χ3n) is 5.26. The fraction of sp³-hybridized carbons (Fsp3) is 0.474. The van der Waals surface area contributed by atoms with E-state index in [1.54, 1.807) is 6.33 Å². The Balaban J connectivity index is 1.37. The lowest BCUT2D eigenvalue weighted by Gasteiger charge is -2.36. The molecule has 0 bridgehead atoms. The lowest BCUT2D eigenvalue weighted by molar-refractivity contribution is 0.631. The van der Waals surface area contributed by atoms with Crippen molar-refractivity contribution in [2.45, 2.75) is 32.6 Å². The van der Waals surface area contributed by atoms with Gasteiger partial charge in [-0.05, 0) is 26.7 Å². The van der Waals surface area contributed by atoms with Crippen molar-refractivity contribution >= 4 is 17.3 Å². The Morgan fingerprint density at radius 1 is 0.885 bits per heavy atom. The van der Waals surface area contributed by atoms with Crippen molar-refractivity contribution in [1.82, 2.24) is 24.6 Å². The number of aryl methyl sites for hydroxylation is 2. The highest BCUT2D eigenvalue weighted by Crippen LogP contribution is 2.39. The van der Waals surface area contributed by atoms with E-state index in [0.29, 0.717) is 5.92 Å². The Bertz CT molecular complexity index is 952. The molecule has 0 radical (unpaired) electrons. The molecule has 0 spiro atoms. The van der Waals surface area contributed by atoms with Crippen LogP contribution < -0.4 is 9.80 Å². The van der Waals surface area contributed by atoms with Crippen LogP contribution >= 0.6 is 0 Å². The van der Waals surface area contributed by atoms with Gasteiger partial charge >= 0.3 is 0 Å². The van der Waals surface area contributed by atoms with Crippen LogP contribution in [0.15, 0.2) is 24.5 Å². The first-order valence-electron chi connectivity index (χ1n) is 9.33. The lowest BCUT2D eigenvalue weighted by atomic mass is 10.2. The molecule has 2 fully saturated rings. The molecule has 7 nitrogen and oxygen atoms in total. The third kappa shape index (κ3) is 2.77. The minimum absolute atomic E-state index is 0.661. The van der Waals surface area contributed by atoms with Gasteiger partial charge in [-0.2, -0.15) is 9.61 Å². The molecule has 0 aromatic carbocycles. The summed E-state index contributed by atoms with van der Waals surface area (Å²) in [6, 6.07) is 6.34. The van der Waals surface area contributed by atoms with Gasteiger partial charge in [0.2, 0.25) is 0 Å². The van der Waals surface area contributed by atoms with Crippen molar-refractivity contribution in [3.8, 4) is 0 Å². The van der Waals surface area contributed by atoms with E-state index in [-0.39, 0.29) is 0 Å². The zero-order valence-corrected chi connectivity index (χ0v) is 15.3. The summed E-state index contributed by atoms with van der Waals surface area (Å²) in [5.74, 6) is 2.85. The molecule has 26 heavy (non-hydrogen) atoms. The number of aromatic nitrogens is 5. The highest BCUT2D eigenvalue weighted by molar-refractivity contribution is 5.53. The van der Waals surface area contributed by atoms with E-state index < -0.39 is 0 Å². The highest BCUT2D eigenvalue weighted by atomic mass is 15.4. The Labute approximate surface area is 152 Å². The van der Waals surface area contributed by atoms with Gasteiger partial charge in [-0.3, -0.25) is 0 Å². The van der Waals surface area contributed by atoms with Crippen LogP contribution in [0, 0.1) is 13.8 Å². The van der Waals surface area contributed by atoms with Gasteiger partial charge in [0.1, 0.15) is 18.0 Å². The first kappa shape index (κ1) is 15.5. The molecule has 0 N–H and O–H groups in total. The second kappa shape index (κ2) is 5.93. The summed E-state index contributed by atoms with van der Waals surface area (Å²) in [6.45, 7) is 7.84. The molecular weight excluding hydrogens is 326 g/mol. The van der Waals surface area contributed by atoms with E-state index in [1.807, 2.05) is 24.4 Å². The summed E-state index contributed by atoms with van der Waals surface area (Å²) >= 11 is 0. The Morgan fingerprint density at radius 3 is 2.42 bits per heavy atom. The number of hydrogen-bond donors (Lipinski definition) is 0. The number of fused-ring (bicyclic) bond motifs is 1. The molecule has 1 aliphatic heterocycles. The van der Waals surface area contributed by atoms with Gasteiger partial charge in [0.15, 0.2) is 5.65 Å². The van der Waals surface area contributed by atoms with Crippen LogP contribution in [-0.4, -0.2) is 50.7 Å². The van der Waals surface area contributed by atoms with Crippen molar-refractivity contribution in [3.63, 3.8) is 0 Å². The molecule has 3 aromatic heterocycles. The van der Waals surface area contributed by atoms with Crippen LogP contribution in [0.2, 0.25) is 0 Å². The van der Waals surface area contributed by atoms with Crippen molar-refractivity contribution < 1.29 is 0 Å². The SMILES string of the molecule is Cc1cc(N2CCN(c3cc(C4CC4)ncn3)CC2)n2nc(C)cc2n1. The van der Waals surface area contributed by atoms with E-state index >= 15 is 0 Å². The minimum Gasteiger partial charge on any atom is -0.353 e. The van der Waals surface area contributed by atoms with Gasteiger partial charge < -0.3 is 9.80 Å². The van der Waals surface area contributed by atoms with Crippen LogP contribution in [0.4, 0.5) is 11.6 Å². The Kier molecular flexibility index (Phi) is 3.55. The first-order valence-corrected chi connectivity index (χ1v) is 9.33. The average Bonchev–Trinajstić information content (AvgIpc) is 3.43. The fourth-order valence-corrected chi connectivity index (χ4v) is 3.72. The maximum atomic E-state index is 4.62. The zero-order valence-electron chi connectivity index (χ0n) is 15.3. The molecule has 4 heterocycles. The molecule has 0 unspecified atom stereocenters. The van der Waals surface area contributed by atoms with Crippen molar-refractivity contribution in [2.24, 2.45) is 0 Å². The second-order valence-corrected chi connectivity index (χ2v) is 7.36. The molecule has 3 aromatic rings. The normalized spacial score (nSPS) is 17.9. The van der Waals surface area contributed by atoms with Crippen molar-refractivity contribution in [3.05, 3.63) is 41.6 Å². The summed E-state index contributed by atoms with van der Waals surface area (Å²) in [7, 11) is 0. The summed E-state index contributed by atoms with van der Waals surface area (Å²) in [4.78, 5) is 18.3. The smallest absolute Gasteiger partial charge is 0.157 e. The quantitative estimate of drug-likeness (QED) is 0.723. The largest absolute Gasteiger partial charge is 0.353 e. The fourth-order valence-electron chi connectivity index (χ4n) is 3.72. The Morgan fingerprint density at radius 2 is 1.65 bits per heavy atom. The molecule has 0 amide bonds. The summed E-state index contributed by atoms with van der Waals surface area (Å²) in [5, 5.41) is 4.62. The minimum atomic E-state index is 0.661. The molecule has 1 saturated heterocycles. The molecule has 7 heteroatoms. The molecule has 2 aliphatic rings. The van der Waals surface area contributed by atoms with Gasteiger partial charge in [0.25, 0.3) is 0 Å². The number of piperazine rings is 1. The van der Waals surface area contributed by atoms with Gasteiger partial charge in [-0.15, -0.1) is 0 Å². The Hall–Kier alpha value is -2.70. The van der Waals surface area contributed by atoms with Crippen LogP contribution in [0.5, 0.6) is 0 Å². The number of hydrogen-bond acceptors (Lipinski definition) is 6. The van der Waals surface area contributed by atoms with Gasteiger partial charge in [-0.25, -0.2) is 15.0 Å². The van der Waals surface area contributed by atoms with E-state index in [2.05, 4.69) is 42.0 Å². The van der Waals surface area contributed by atoms with Gasteiger partial charge in [-0.1, -0.05) is 0 Å². The third-order valence-corrected chi connectivity index (χ3v) is 5.26. The van der Waals surface area contributed by atoms with Crippen molar-refractivity contribution in [1.29, 1.82) is 0 Å². The van der Waals surface area contributed by atoms with Crippen LogP contribution in [-0.2, 0) is 0 Å². The van der Waals surface area contributed by atoms with E-state index in [9.17, 15) is 0 Å². The van der Waals surface area contributed by atoms with Crippen LogP contribution in [0.1, 0.15) is 35.8 Å². The van der Waals surface area contributed by atoms with Gasteiger partial charge in [0, 0.05) is 61.7 Å². The van der Waals surface area contributed by atoms with E-state index in [1.165, 1.54) is 18.5 Å². The molecule has 0 atom stereocenters. The maximum absolute atomic E-state index is 4.62. The predicted octanol–water partition coefficient (Wildman–Crippen LogP) is 2.34. The van der Waals surface area contributed by atoms with Crippen LogP contribution in [0.25, 0.3) is 5.65 Å². The van der Waals surface area contributed by atoms with Gasteiger partial charge in [0.05, 0.1) is 5.69 Å². The summed E-state index contributed by atoms with van der Waals surface area (Å²) in [6.07, 6.45) is 4.26. The number of anilines is 2. The van der Waals surface area contributed by atoms with Crippen LogP contribution in [0.3, 0.4) is 0 Å². The molecular formula is C19H23N7. The highest BCUT2D eigenvalue weighted by Gasteiger charge is 2.27. The second-order valence-electron chi connectivity index (χ2n) is 7.36. The molecule has 1 saturated carbocycles. The predicted molar refractivity (Wildman–Crippen MR) is 101 cm³/mol. The van der Waals surface area contributed by atoms with E-state index in [4.69, 9.17) is 0 Å². The monoisotopic (exact) mass is 349 g/mol. The number of rotatable bonds is 3. The molecule has 5 rings (SSSR count). The number of nitrogens with zero attached hydrogens (tertiary/aromatic N) is 7. The molecule has 1 aliphatic carbocycles. The van der Waals surface area contributed by atoms with E-state index in [0.717, 1.165) is 54.8 Å². The summed E-state index contributed by atoms with van der Waals surface area (Å²) < 4.78 is 1.97. The zero-order chi connectivity index (χ0) is 17.7. The maximum Gasteiger partial charge on any atom is 0.157 e. The molecule has 134 valence electrons. The topological polar surface area (TPSA) is 62.5 Å². The average molecular weight is 349 g/mol.